The van der Waals surface area contributed by atoms with Gasteiger partial charge in [0.2, 0.25) is 0 Å². The molecule has 2 aliphatic heterocycles. The van der Waals surface area contributed by atoms with Gasteiger partial charge in [0.15, 0.2) is 0 Å². The highest BCUT2D eigenvalue weighted by molar-refractivity contribution is 5.60. The number of nitrogens with zero attached hydrogens (tertiary/aromatic N) is 3. The van der Waals surface area contributed by atoms with Crippen molar-refractivity contribution >= 4 is 5.69 Å². The maximum Gasteiger partial charge on any atom is 0.142 e. The summed E-state index contributed by atoms with van der Waals surface area (Å²) in [4.78, 5) is 7.78. The van der Waals surface area contributed by atoms with Crippen molar-refractivity contribution < 1.29 is 4.74 Å². The van der Waals surface area contributed by atoms with Gasteiger partial charge in [-0.05, 0) is 70.3 Å². The normalized spacial score (nSPS) is 21.1. The Balaban J connectivity index is 1.48. The number of likely N-dealkylation sites (tertiary alicyclic amines) is 1. The van der Waals surface area contributed by atoms with Gasteiger partial charge in [-0.3, -0.25) is 4.90 Å². The smallest absolute Gasteiger partial charge is 0.142 e. The minimum Gasteiger partial charge on any atom is -0.495 e. The molecule has 0 aromatic heterocycles. The van der Waals surface area contributed by atoms with Crippen LogP contribution in [0, 0.1) is 12.8 Å². The molecule has 2 saturated heterocycles. The van der Waals surface area contributed by atoms with Gasteiger partial charge in [-0.15, -0.1) is 0 Å². The molecule has 0 amide bonds. The van der Waals surface area contributed by atoms with E-state index in [0.717, 1.165) is 24.8 Å². The topological polar surface area (TPSA) is 19.0 Å². The number of aryl methyl sites for hydroxylation is 1. The molecule has 0 spiro atoms. The van der Waals surface area contributed by atoms with Gasteiger partial charge < -0.3 is 14.5 Å². The van der Waals surface area contributed by atoms with E-state index in [1.165, 1.54) is 56.8 Å². The Morgan fingerprint density at radius 1 is 1.04 bits per heavy atom. The zero-order valence-corrected chi connectivity index (χ0v) is 16.5. The van der Waals surface area contributed by atoms with Crippen molar-refractivity contribution in [3.05, 3.63) is 23.8 Å². The predicted molar refractivity (Wildman–Crippen MR) is 106 cm³/mol. The van der Waals surface area contributed by atoms with Crippen LogP contribution in [0.2, 0.25) is 0 Å². The van der Waals surface area contributed by atoms with Gasteiger partial charge in [-0.1, -0.05) is 6.07 Å². The summed E-state index contributed by atoms with van der Waals surface area (Å²) in [6, 6.07) is 7.25. The van der Waals surface area contributed by atoms with Crippen LogP contribution < -0.4 is 9.64 Å². The van der Waals surface area contributed by atoms with E-state index < -0.39 is 0 Å². The number of methoxy groups -OCH3 is 1. The van der Waals surface area contributed by atoms with Crippen molar-refractivity contribution in [2.45, 2.75) is 39.7 Å². The molecule has 4 nitrogen and oxygen atoms in total. The molecule has 2 aliphatic rings. The van der Waals surface area contributed by atoms with Gasteiger partial charge in [-0.2, -0.15) is 0 Å². The van der Waals surface area contributed by atoms with E-state index in [-0.39, 0.29) is 0 Å². The van der Waals surface area contributed by atoms with Gasteiger partial charge in [0.25, 0.3) is 0 Å². The number of rotatable bonds is 5. The van der Waals surface area contributed by atoms with E-state index in [2.05, 4.69) is 53.7 Å². The number of benzene rings is 1. The molecular formula is C21H35N3O. The number of hydrogen-bond donors (Lipinski definition) is 0. The molecule has 0 atom stereocenters. The van der Waals surface area contributed by atoms with Crippen LogP contribution in [-0.2, 0) is 0 Å². The van der Waals surface area contributed by atoms with E-state index in [9.17, 15) is 0 Å². The summed E-state index contributed by atoms with van der Waals surface area (Å²) >= 11 is 0. The van der Waals surface area contributed by atoms with E-state index in [1.54, 1.807) is 7.11 Å². The Kier molecular flexibility index (Phi) is 6.24. The van der Waals surface area contributed by atoms with Crippen molar-refractivity contribution in [3.63, 3.8) is 0 Å². The maximum absolute atomic E-state index is 5.60. The van der Waals surface area contributed by atoms with Gasteiger partial charge in [0.1, 0.15) is 5.75 Å². The number of anilines is 1. The lowest BCUT2D eigenvalue weighted by molar-refractivity contribution is 0.119. The zero-order chi connectivity index (χ0) is 17.8. The second kappa shape index (κ2) is 8.41. The van der Waals surface area contributed by atoms with E-state index in [0.29, 0.717) is 6.04 Å². The van der Waals surface area contributed by atoms with Gasteiger partial charge in [0.05, 0.1) is 12.8 Å². The number of ether oxygens (including phenoxy) is 1. The first-order chi connectivity index (χ1) is 12.1. The molecule has 4 heteroatoms. The molecule has 0 saturated carbocycles. The molecule has 140 valence electrons. The van der Waals surface area contributed by atoms with Crippen LogP contribution in [0.1, 0.15) is 32.3 Å². The average molecular weight is 346 g/mol. The average Bonchev–Trinajstić information content (AvgIpc) is 2.63. The summed E-state index contributed by atoms with van der Waals surface area (Å²) in [5.41, 5.74) is 2.50. The summed E-state index contributed by atoms with van der Waals surface area (Å²) in [6.07, 6.45) is 2.73. The number of piperazine rings is 1. The third-order valence-electron chi connectivity index (χ3n) is 5.94. The van der Waals surface area contributed by atoms with Crippen molar-refractivity contribution in [1.82, 2.24) is 9.80 Å². The second-order valence-electron chi connectivity index (χ2n) is 8.04. The Bertz CT molecular complexity index is 544. The highest BCUT2D eigenvalue weighted by Crippen LogP contribution is 2.30. The first-order valence-electron chi connectivity index (χ1n) is 9.93. The standard InChI is InChI=1S/C21H35N3O/c1-17(2)23-9-7-19(8-10-23)16-22-11-13-24(14-12-22)20-6-5-18(3)15-21(20)25-4/h5-6,15,17,19H,7-14,16H2,1-4H3. The van der Waals surface area contributed by atoms with Crippen LogP contribution in [-0.4, -0.2) is 68.8 Å². The van der Waals surface area contributed by atoms with Crippen molar-refractivity contribution in [1.29, 1.82) is 0 Å². The van der Waals surface area contributed by atoms with Crippen LogP contribution in [0.25, 0.3) is 0 Å². The molecule has 0 bridgehead atoms. The van der Waals surface area contributed by atoms with Crippen LogP contribution >= 0.6 is 0 Å². The van der Waals surface area contributed by atoms with E-state index >= 15 is 0 Å². The zero-order valence-electron chi connectivity index (χ0n) is 16.5. The SMILES string of the molecule is COc1cc(C)ccc1N1CCN(CC2CCN(C(C)C)CC2)CC1. The molecule has 25 heavy (non-hydrogen) atoms. The highest BCUT2D eigenvalue weighted by atomic mass is 16.5. The van der Waals surface area contributed by atoms with Crippen molar-refractivity contribution in [2.24, 2.45) is 5.92 Å². The lowest BCUT2D eigenvalue weighted by Crippen LogP contribution is -2.49. The third-order valence-corrected chi connectivity index (χ3v) is 5.94. The van der Waals surface area contributed by atoms with Gasteiger partial charge in [-0.25, -0.2) is 0 Å². The Morgan fingerprint density at radius 3 is 2.32 bits per heavy atom. The first-order valence-corrected chi connectivity index (χ1v) is 9.93. The minimum atomic E-state index is 0.703. The van der Waals surface area contributed by atoms with Crippen molar-refractivity contribution in [3.8, 4) is 5.75 Å². The second-order valence-corrected chi connectivity index (χ2v) is 8.04. The quantitative estimate of drug-likeness (QED) is 0.815. The fourth-order valence-electron chi connectivity index (χ4n) is 4.23. The van der Waals surface area contributed by atoms with Crippen LogP contribution in [0.5, 0.6) is 5.75 Å². The minimum absolute atomic E-state index is 0.703. The van der Waals surface area contributed by atoms with Crippen LogP contribution in [0.15, 0.2) is 18.2 Å². The van der Waals surface area contributed by atoms with Crippen LogP contribution in [0.4, 0.5) is 5.69 Å². The van der Waals surface area contributed by atoms with E-state index in [4.69, 9.17) is 4.74 Å². The molecule has 1 aromatic carbocycles. The summed E-state index contributed by atoms with van der Waals surface area (Å²) in [5, 5.41) is 0. The predicted octanol–water partition coefficient (Wildman–Crippen LogP) is 3.25. The molecule has 0 unspecified atom stereocenters. The first kappa shape index (κ1) is 18.5. The summed E-state index contributed by atoms with van der Waals surface area (Å²) in [7, 11) is 1.78. The monoisotopic (exact) mass is 345 g/mol. The molecule has 2 heterocycles. The Hall–Kier alpha value is -1.26. The summed E-state index contributed by atoms with van der Waals surface area (Å²) in [6.45, 7) is 15.1. The molecule has 0 radical (unpaired) electrons. The van der Waals surface area contributed by atoms with Crippen molar-refractivity contribution in [2.75, 3.05) is 57.8 Å². The van der Waals surface area contributed by atoms with Gasteiger partial charge in [0, 0.05) is 38.8 Å². The fourth-order valence-corrected chi connectivity index (χ4v) is 4.23. The molecular weight excluding hydrogens is 310 g/mol. The number of hydrogen-bond acceptors (Lipinski definition) is 4. The number of piperidine rings is 1. The molecule has 3 rings (SSSR count). The Labute approximate surface area is 153 Å². The van der Waals surface area contributed by atoms with E-state index in [1.807, 2.05) is 0 Å². The lowest BCUT2D eigenvalue weighted by Gasteiger charge is -2.40. The summed E-state index contributed by atoms with van der Waals surface area (Å²) < 4.78 is 5.60. The highest BCUT2D eigenvalue weighted by Gasteiger charge is 2.25. The fraction of sp³-hybridized carbons (Fsp3) is 0.714. The van der Waals surface area contributed by atoms with Gasteiger partial charge >= 0.3 is 0 Å². The molecule has 1 aromatic rings. The lowest BCUT2D eigenvalue weighted by atomic mass is 9.95. The molecule has 0 N–H and O–H groups in total. The molecule has 2 fully saturated rings. The third kappa shape index (κ3) is 4.68. The van der Waals surface area contributed by atoms with Crippen LogP contribution in [0.3, 0.4) is 0 Å². The maximum atomic E-state index is 5.60. The Morgan fingerprint density at radius 2 is 1.72 bits per heavy atom. The largest absolute Gasteiger partial charge is 0.495 e. The molecule has 0 aliphatic carbocycles. The summed E-state index contributed by atoms with van der Waals surface area (Å²) in [5.74, 6) is 1.89.